The van der Waals surface area contributed by atoms with Gasteiger partial charge in [0.1, 0.15) is 17.1 Å². The van der Waals surface area contributed by atoms with Gasteiger partial charge in [-0.1, -0.05) is 48.5 Å². The molecule has 30 heavy (non-hydrogen) atoms. The third-order valence-electron chi connectivity index (χ3n) is 6.16. The minimum Gasteiger partial charge on any atom is -0.506 e. The molecule has 0 unspecified atom stereocenters. The van der Waals surface area contributed by atoms with Crippen molar-refractivity contribution < 1.29 is 34.0 Å². The molecule has 0 radical (unpaired) electrons. The highest BCUT2D eigenvalue weighted by molar-refractivity contribution is 6.09. The Morgan fingerprint density at radius 2 is 1.67 bits per heavy atom. The smallest absolute Gasteiger partial charge is 0.342 e. The molecule has 0 bridgehead atoms. The van der Waals surface area contributed by atoms with Crippen LogP contribution in [0.1, 0.15) is 27.0 Å². The number of esters is 2. The summed E-state index contributed by atoms with van der Waals surface area (Å²) < 4.78 is 16.1. The molecule has 152 valence electrons. The number of phenols is 1. The van der Waals surface area contributed by atoms with Crippen LogP contribution in [0.3, 0.4) is 0 Å². The Balaban J connectivity index is 1.97. The lowest BCUT2D eigenvalue weighted by Gasteiger charge is -2.33. The van der Waals surface area contributed by atoms with Gasteiger partial charge in [-0.3, -0.25) is 4.79 Å². The molecule has 2 N–H and O–H groups in total. The van der Waals surface area contributed by atoms with Crippen molar-refractivity contribution in [1.82, 2.24) is 0 Å². The van der Waals surface area contributed by atoms with Gasteiger partial charge in [-0.15, -0.1) is 0 Å². The molecule has 2 aliphatic rings. The molecule has 5 rings (SSSR count). The van der Waals surface area contributed by atoms with Crippen LogP contribution >= 0.6 is 0 Å². The predicted molar refractivity (Wildman–Crippen MR) is 105 cm³/mol. The van der Waals surface area contributed by atoms with Crippen LogP contribution in [0.2, 0.25) is 0 Å². The van der Waals surface area contributed by atoms with Crippen LogP contribution in [-0.2, 0) is 31.9 Å². The van der Waals surface area contributed by atoms with Gasteiger partial charge in [0.2, 0.25) is 0 Å². The van der Waals surface area contributed by atoms with Crippen molar-refractivity contribution in [3.05, 3.63) is 70.8 Å². The molecular weight excluding hydrogens is 388 g/mol. The lowest BCUT2D eigenvalue weighted by Crippen LogP contribution is -2.52. The average molecular weight is 406 g/mol. The molecule has 0 spiro atoms. The number of hydrogen-bond acceptors (Lipinski definition) is 7. The fourth-order valence-electron chi connectivity index (χ4n) is 4.88. The van der Waals surface area contributed by atoms with E-state index in [2.05, 4.69) is 0 Å². The molecule has 0 amide bonds. The lowest BCUT2D eigenvalue weighted by molar-refractivity contribution is -0.195. The van der Waals surface area contributed by atoms with E-state index in [9.17, 15) is 19.8 Å². The summed E-state index contributed by atoms with van der Waals surface area (Å²) in [6.07, 6.45) is 0.0289. The lowest BCUT2D eigenvalue weighted by atomic mass is 9.72. The normalized spacial score (nSPS) is 23.3. The first-order chi connectivity index (χ1) is 14.4. The Bertz CT molecular complexity index is 1250. The van der Waals surface area contributed by atoms with E-state index in [1.54, 1.807) is 48.5 Å². The molecule has 1 heterocycles. The molecule has 0 saturated carbocycles. The topological polar surface area (TPSA) is 102 Å². The van der Waals surface area contributed by atoms with Crippen molar-refractivity contribution in [1.29, 1.82) is 0 Å². The Hall–Kier alpha value is -3.58. The molecule has 3 aromatic carbocycles. The Labute approximate surface area is 171 Å². The minimum atomic E-state index is -2.11. The van der Waals surface area contributed by atoms with Crippen LogP contribution in [-0.4, -0.2) is 36.4 Å². The maximum absolute atomic E-state index is 13.3. The Morgan fingerprint density at radius 1 is 1.00 bits per heavy atom. The maximum Gasteiger partial charge on any atom is 0.342 e. The van der Waals surface area contributed by atoms with Crippen molar-refractivity contribution >= 4 is 22.7 Å². The molecule has 7 nitrogen and oxygen atoms in total. The first-order valence-corrected chi connectivity index (χ1v) is 9.35. The number of aliphatic hydroxyl groups is 1. The molecule has 7 heteroatoms. The summed E-state index contributed by atoms with van der Waals surface area (Å²) in [5.41, 5.74) is -0.854. The molecular formula is C23H18O7. The number of aromatic hydroxyl groups is 1. The van der Waals surface area contributed by atoms with E-state index in [0.29, 0.717) is 21.9 Å². The molecule has 1 aliphatic heterocycles. The molecule has 1 aliphatic carbocycles. The Morgan fingerprint density at radius 3 is 2.37 bits per heavy atom. The number of fused-ring (bicyclic) bond motifs is 7. The largest absolute Gasteiger partial charge is 0.506 e. The highest BCUT2D eigenvalue weighted by Gasteiger charge is 2.72. The van der Waals surface area contributed by atoms with Crippen molar-refractivity contribution in [3.63, 3.8) is 0 Å². The number of ether oxygens (including phenoxy) is 3. The summed E-state index contributed by atoms with van der Waals surface area (Å²) >= 11 is 0. The third-order valence-corrected chi connectivity index (χ3v) is 6.16. The van der Waals surface area contributed by atoms with Gasteiger partial charge in [0.05, 0.1) is 14.2 Å². The minimum absolute atomic E-state index is 0.0289. The number of carbonyl (C=O) groups excluding carboxylic acids is 2. The van der Waals surface area contributed by atoms with Crippen LogP contribution in [0, 0.1) is 0 Å². The number of benzene rings is 3. The van der Waals surface area contributed by atoms with E-state index in [1.807, 2.05) is 0 Å². The van der Waals surface area contributed by atoms with Crippen LogP contribution in [0.5, 0.6) is 11.5 Å². The van der Waals surface area contributed by atoms with Crippen LogP contribution in [0.25, 0.3) is 10.8 Å². The second kappa shape index (κ2) is 5.96. The summed E-state index contributed by atoms with van der Waals surface area (Å²) in [6, 6.07) is 13.7. The summed E-state index contributed by atoms with van der Waals surface area (Å²) in [7, 11) is 2.39. The second-order valence-corrected chi connectivity index (χ2v) is 7.44. The van der Waals surface area contributed by atoms with Crippen molar-refractivity contribution in [3.8, 4) is 11.5 Å². The first-order valence-electron chi connectivity index (χ1n) is 9.35. The van der Waals surface area contributed by atoms with E-state index in [1.165, 1.54) is 14.2 Å². The molecule has 0 saturated heterocycles. The van der Waals surface area contributed by atoms with Gasteiger partial charge in [-0.05, 0) is 5.56 Å². The van der Waals surface area contributed by atoms with E-state index in [0.717, 1.165) is 0 Å². The standard InChI is InChI=1S/C23H18O7/c1-28-20(25)16-17-19(14-9-5-4-8-13(14)18(16)24)30-23(27)15-10-6-3-7-12(15)11-22(17,23)21(26)29-2/h3-10,24,27H,11H2,1-2H3/t22-,23+/m1/s1. The van der Waals surface area contributed by atoms with E-state index in [-0.39, 0.29) is 29.0 Å². The van der Waals surface area contributed by atoms with Gasteiger partial charge < -0.3 is 24.4 Å². The second-order valence-electron chi connectivity index (χ2n) is 7.44. The van der Waals surface area contributed by atoms with Crippen LogP contribution in [0.4, 0.5) is 0 Å². The van der Waals surface area contributed by atoms with Gasteiger partial charge in [-0.25, -0.2) is 4.79 Å². The maximum atomic E-state index is 13.3. The van der Waals surface area contributed by atoms with E-state index < -0.39 is 23.1 Å². The van der Waals surface area contributed by atoms with Gasteiger partial charge >= 0.3 is 11.9 Å². The number of carbonyl (C=O) groups is 2. The SMILES string of the molecule is COC(=O)c1c2c(c3ccccc3c1O)O[C@@]1(O)c3ccccc3C[C@]21C(=O)OC. The van der Waals surface area contributed by atoms with Gasteiger partial charge in [0, 0.05) is 28.3 Å². The van der Waals surface area contributed by atoms with Gasteiger partial charge in [-0.2, -0.15) is 0 Å². The molecule has 0 aromatic heterocycles. The molecule has 2 atom stereocenters. The number of methoxy groups -OCH3 is 2. The molecule has 3 aromatic rings. The van der Waals surface area contributed by atoms with Gasteiger partial charge in [0.25, 0.3) is 5.79 Å². The highest BCUT2D eigenvalue weighted by Crippen LogP contribution is 2.63. The summed E-state index contributed by atoms with van der Waals surface area (Å²) in [6.45, 7) is 0. The first kappa shape index (κ1) is 18.4. The van der Waals surface area contributed by atoms with Crippen molar-refractivity contribution in [2.45, 2.75) is 17.6 Å². The third kappa shape index (κ3) is 1.92. The summed E-state index contributed by atoms with van der Waals surface area (Å²) in [5.74, 6) is -3.94. The average Bonchev–Trinajstić information content (AvgIpc) is 3.18. The zero-order valence-electron chi connectivity index (χ0n) is 16.3. The van der Waals surface area contributed by atoms with E-state index >= 15 is 0 Å². The summed E-state index contributed by atoms with van der Waals surface area (Å²) in [5, 5.41) is 23.6. The monoisotopic (exact) mass is 406 g/mol. The number of rotatable bonds is 2. The van der Waals surface area contributed by atoms with Gasteiger partial charge in [0.15, 0.2) is 5.41 Å². The highest BCUT2D eigenvalue weighted by atomic mass is 16.6. The van der Waals surface area contributed by atoms with Crippen LogP contribution in [0.15, 0.2) is 48.5 Å². The Kier molecular flexibility index (Phi) is 3.67. The fraction of sp³-hybridized carbons (Fsp3) is 0.217. The van der Waals surface area contributed by atoms with E-state index in [4.69, 9.17) is 14.2 Å². The predicted octanol–water partition coefficient (Wildman–Crippen LogP) is 2.54. The fourth-order valence-corrected chi connectivity index (χ4v) is 4.88. The van der Waals surface area contributed by atoms with Crippen molar-refractivity contribution in [2.24, 2.45) is 0 Å². The zero-order chi connectivity index (χ0) is 21.3. The zero-order valence-corrected chi connectivity index (χ0v) is 16.3. The van der Waals surface area contributed by atoms with Crippen LogP contribution < -0.4 is 4.74 Å². The number of phenolic OH excluding ortho intramolecular Hbond substituents is 1. The quantitative estimate of drug-likeness (QED) is 0.631. The number of hydrogen-bond donors (Lipinski definition) is 2. The van der Waals surface area contributed by atoms with Crippen molar-refractivity contribution in [2.75, 3.05) is 14.2 Å². The molecule has 0 fully saturated rings. The summed E-state index contributed by atoms with van der Waals surface area (Å²) in [4.78, 5) is 26.1.